The standard InChI is InChI=1S/C17H21N3/c1-4-20(5-2)16-11-12-17(14(3)13-16)19-18-15-9-7-6-8-10-15/h6-13H,4-5H2,1-3H3. The maximum absolute atomic E-state index is 4.33. The Hall–Kier alpha value is -2.16. The smallest absolute Gasteiger partial charge is 0.0887 e. The predicted octanol–water partition coefficient (Wildman–Crippen LogP) is 5.26. The first-order valence-corrected chi connectivity index (χ1v) is 7.07. The topological polar surface area (TPSA) is 28.0 Å². The fourth-order valence-corrected chi connectivity index (χ4v) is 2.14. The van der Waals surface area contributed by atoms with E-state index in [2.05, 4.69) is 48.0 Å². The van der Waals surface area contributed by atoms with Crippen LogP contribution in [0, 0.1) is 6.92 Å². The highest BCUT2D eigenvalue weighted by Gasteiger charge is 2.04. The van der Waals surface area contributed by atoms with Gasteiger partial charge in [-0.15, -0.1) is 0 Å². The Labute approximate surface area is 121 Å². The lowest BCUT2D eigenvalue weighted by atomic mass is 10.1. The first-order chi connectivity index (χ1) is 9.74. The van der Waals surface area contributed by atoms with Crippen LogP contribution in [0.15, 0.2) is 58.8 Å². The molecule has 3 heteroatoms. The summed E-state index contributed by atoms with van der Waals surface area (Å²) in [5, 5.41) is 8.60. The minimum Gasteiger partial charge on any atom is -0.372 e. The van der Waals surface area contributed by atoms with Crippen LogP contribution in [-0.2, 0) is 0 Å². The zero-order chi connectivity index (χ0) is 14.4. The Bertz CT molecular complexity index is 572. The first-order valence-electron chi connectivity index (χ1n) is 7.07. The van der Waals surface area contributed by atoms with Gasteiger partial charge in [0.1, 0.15) is 0 Å². The summed E-state index contributed by atoms with van der Waals surface area (Å²) < 4.78 is 0. The van der Waals surface area contributed by atoms with Crippen molar-refractivity contribution >= 4 is 17.1 Å². The van der Waals surface area contributed by atoms with Gasteiger partial charge in [-0.05, 0) is 56.7 Å². The van der Waals surface area contributed by atoms with Crippen molar-refractivity contribution in [2.75, 3.05) is 18.0 Å². The summed E-state index contributed by atoms with van der Waals surface area (Å²) in [6.07, 6.45) is 0. The van der Waals surface area contributed by atoms with Gasteiger partial charge in [0, 0.05) is 18.8 Å². The monoisotopic (exact) mass is 267 g/mol. The fraction of sp³-hybridized carbons (Fsp3) is 0.294. The molecule has 0 fully saturated rings. The number of aryl methyl sites for hydroxylation is 1. The van der Waals surface area contributed by atoms with Crippen molar-refractivity contribution in [1.82, 2.24) is 0 Å². The highest BCUT2D eigenvalue weighted by Crippen LogP contribution is 2.26. The number of benzene rings is 2. The molecular formula is C17H21N3. The van der Waals surface area contributed by atoms with Crippen molar-refractivity contribution in [3.63, 3.8) is 0 Å². The van der Waals surface area contributed by atoms with Gasteiger partial charge in [-0.2, -0.15) is 10.2 Å². The van der Waals surface area contributed by atoms with Crippen molar-refractivity contribution in [2.45, 2.75) is 20.8 Å². The molecule has 20 heavy (non-hydrogen) atoms. The SMILES string of the molecule is CCN(CC)c1ccc(N=Nc2ccccc2)c(C)c1. The van der Waals surface area contributed by atoms with E-state index in [1.807, 2.05) is 36.4 Å². The van der Waals surface area contributed by atoms with E-state index >= 15 is 0 Å². The third-order valence-corrected chi connectivity index (χ3v) is 3.34. The molecule has 0 radical (unpaired) electrons. The maximum atomic E-state index is 4.33. The lowest BCUT2D eigenvalue weighted by Gasteiger charge is -2.21. The summed E-state index contributed by atoms with van der Waals surface area (Å²) in [4.78, 5) is 2.32. The van der Waals surface area contributed by atoms with Gasteiger partial charge >= 0.3 is 0 Å². The van der Waals surface area contributed by atoms with Crippen molar-refractivity contribution in [1.29, 1.82) is 0 Å². The summed E-state index contributed by atoms with van der Waals surface area (Å²) in [6.45, 7) is 8.44. The normalized spacial score (nSPS) is 10.9. The van der Waals surface area contributed by atoms with Crippen molar-refractivity contribution in [2.24, 2.45) is 10.2 Å². The van der Waals surface area contributed by atoms with Crippen LogP contribution in [0.5, 0.6) is 0 Å². The van der Waals surface area contributed by atoms with Crippen LogP contribution in [0.2, 0.25) is 0 Å². The van der Waals surface area contributed by atoms with Crippen molar-refractivity contribution < 1.29 is 0 Å². The maximum Gasteiger partial charge on any atom is 0.0887 e. The Morgan fingerprint density at radius 2 is 1.60 bits per heavy atom. The number of hydrogen-bond acceptors (Lipinski definition) is 3. The molecule has 0 unspecified atom stereocenters. The molecule has 0 amide bonds. The van der Waals surface area contributed by atoms with Crippen LogP contribution < -0.4 is 4.90 Å². The van der Waals surface area contributed by atoms with Gasteiger partial charge < -0.3 is 4.90 Å². The molecule has 2 aromatic carbocycles. The highest BCUT2D eigenvalue weighted by molar-refractivity contribution is 5.57. The Kier molecular flexibility index (Phi) is 4.88. The van der Waals surface area contributed by atoms with Gasteiger partial charge in [0.25, 0.3) is 0 Å². The van der Waals surface area contributed by atoms with E-state index in [0.29, 0.717) is 0 Å². The first kappa shape index (κ1) is 14.3. The Morgan fingerprint density at radius 3 is 2.20 bits per heavy atom. The van der Waals surface area contributed by atoms with Gasteiger partial charge in [-0.3, -0.25) is 0 Å². The van der Waals surface area contributed by atoms with Gasteiger partial charge in [0.2, 0.25) is 0 Å². The number of azo groups is 1. The number of nitrogens with zero attached hydrogens (tertiary/aromatic N) is 3. The van der Waals surface area contributed by atoms with Gasteiger partial charge in [0.05, 0.1) is 11.4 Å². The zero-order valence-electron chi connectivity index (χ0n) is 12.4. The van der Waals surface area contributed by atoms with E-state index in [1.54, 1.807) is 0 Å². The molecule has 0 heterocycles. The second-order valence-electron chi connectivity index (χ2n) is 4.68. The van der Waals surface area contributed by atoms with Crippen LogP contribution in [0.25, 0.3) is 0 Å². The zero-order valence-corrected chi connectivity index (χ0v) is 12.4. The molecule has 0 bridgehead atoms. The molecule has 0 N–H and O–H groups in total. The molecule has 0 aliphatic carbocycles. The second-order valence-corrected chi connectivity index (χ2v) is 4.68. The number of hydrogen-bond donors (Lipinski definition) is 0. The Morgan fingerprint density at radius 1 is 0.900 bits per heavy atom. The van der Waals surface area contributed by atoms with Crippen LogP contribution >= 0.6 is 0 Å². The van der Waals surface area contributed by atoms with Gasteiger partial charge in [-0.25, -0.2) is 0 Å². The van der Waals surface area contributed by atoms with Crippen LogP contribution in [0.4, 0.5) is 17.1 Å². The van der Waals surface area contributed by atoms with E-state index in [0.717, 1.165) is 30.0 Å². The summed E-state index contributed by atoms with van der Waals surface area (Å²) in [6, 6.07) is 16.1. The summed E-state index contributed by atoms with van der Waals surface area (Å²) in [5.74, 6) is 0. The summed E-state index contributed by atoms with van der Waals surface area (Å²) >= 11 is 0. The quantitative estimate of drug-likeness (QED) is 0.679. The average molecular weight is 267 g/mol. The predicted molar refractivity (Wildman–Crippen MR) is 85.4 cm³/mol. The van der Waals surface area contributed by atoms with Crippen LogP contribution in [0.3, 0.4) is 0 Å². The second kappa shape index (κ2) is 6.85. The molecular weight excluding hydrogens is 246 g/mol. The molecule has 0 saturated carbocycles. The van der Waals surface area contributed by atoms with Crippen molar-refractivity contribution in [3.05, 3.63) is 54.1 Å². The third kappa shape index (κ3) is 3.44. The number of rotatable bonds is 5. The lowest BCUT2D eigenvalue weighted by Crippen LogP contribution is -2.21. The molecule has 2 aromatic rings. The van der Waals surface area contributed by atoms with Crippen LogP contribution in [0.1, 0.15) is 19.4 Å². The van der Waals surface area contributed by atoms with E-state index in [-0.39, 0.29) is 0 Å². The Balaban J connectivity index is 2.20. The third-order valence-electron chi connectivity index (χ3n) is 3.34. The van der Waals surface area contributed by atoms with E-state index in [9.17, 15) is 0 Å². The minimum absolute atomic E-state index is 0.875. The molecule has 3 nitrogen and oxygen atoms in total. The molecule has 0 spiro atoms. The van der Waals surface area contributed by atoms with Crippen molar-refractivity contribution in [3.8, 4) is 0 Å². The van der Waals surface area contributed by atoms with Gasteiger partial charge in [0.15, 0.2) is 0 Å². The van der Waals surface area contributed by atoms with Crippen LogP contribution in [-0.4, -0.2) is 13.1 Å². The van der Waals surface area contributed by atoms with E-state index < -0.39 is 0 Å². The molecule has 0 aliphatic rings. The molecule has 2 rings (SSSR count). The largest absolute Gasteiger partial charge is 0.372 e. The summed E-state index contributed by atoms with van der Waals surface area (Å²) in [7, 11) is 0. The minimum atomic E-state index is 0.875. The molecule has 104 valence electrons. The van der Waals surface area contributed by atoms with Gasteiger partial charge in [-0.1, -0.05) is 18.2 Å². The average Bonchev–Trinajstić information content (AvgIpc) is 2.49. The fourth-order valence-electron chi connectivity index (χ4n) is 2.14. The number of anilines is 1. The van der Waals surface area contributed by atoms with E-state index in [1.165, 1.54) is 5.69 Å². The lowest BCUT2D eigenvalue weighted by molar-refractivity contribution is 0.865. The highest BCUT2D eigenvalue weighted by atomic mass is 15.1. The summed E-state index contributed by atoms with van der Waals surface area (Å²) in [5.41, 5.74) is 4.18. The molecule has 0 atom stereocenters. The van der Waals surface area contributed by atoms with E-state index in [4.69, 9.17) is 0 Å². The molecule has 0 aromatic heterocycles. The molecule has 0 aliphatic heterocycles. The molecule has 0 saturated heterocycles.